The molecule has 0 saturated carbocycles. The molecule has 1 aliphatic rings. The first-order chi connectivity index (χ1) is 14.3. The molecule has 3 atom stereocenters. The zero-order valence-electron chi connectivity index (χ0n) is 17.6. The highest BCUT2D eigenvalue weighted by Crippen LogP contribution is 2.42. The van der Waals surface area contributed by atoms with Gasteiger partial charge in [-0.2, -0.15) is 13.2 Å². The van der Waals surface area contributed by atoms with Crippen LogP contribution in [0.1, 0.15) is 42.5 Å². The number of benzene rings is 2. The summed E-state index contributed by atoms with van der Waals surface area (Å²) >= 11 is 0. The van der Waals surface area contributed by atoms with E-state index in [2.05, 4.69) is 22.8 Å². The summed E-state index contributed by atoms with van der Waals surface area (Å²) in [6.45, 7) is 2.38. The van der Waals surface area contributed by atoms with Gasteiger partial charge in [-0.05, 0) is 49.6 Å². The first kappa shape index (κ1) is 22.6. The monoisotopic (exact) mass is 422 g/mol. The van der Waals surface area contributed by atoms with Crippen molar-refractivity contribution in [1.82, 2.24) is 10.6 Å². The highest BCUT2D eigenvalue weighted by atomic mass is 19.4. The fourth-order valence-corrected chi connectivity index (χ4v) is 3.97. The van der Waals surface area contributed by atoms with Gasteiger partial charge >= 0.3 is 6.18 Å². The third-order valence-corrected chi connectivity index (χ3v) is 5.95. The van der Waals surface area contributed by atoms with Gasteiger partial charge in [0.2, 0.25) is 0 Å². The minimum Gasteiger partial charge on any atom is -0.496 e. The Balaban J connectivity index is 1.83. The maximum absolute atomic E-state index is 13.6. The van der Waals surface area contributed by atoms with E-state index in [-0.39, 0.29) is 17.6 Å². The van der Waals surface area contributed by atoms with Crippen LogP contribution >= 0.6 is 0 Å². The van der Waals surface area contributed by atoms with Gasteiger partial charge in [0.25, 0.3) is 0 Å². The van der Waals surface area contributed by atoms with Crippen LogP contribution in [0.25, 0.3) is 0 Å². The van der Waals surface area contributed by atoms with Crippen molar-refractivity contribution in [1.29, 1.82) is 0 Å². The van der Waals surface area contributed by atoms with E-state index in [1.165, 1.54) is 24.8 Å². The van der Waals surface area contributed by atoms with E-state index in [0.717, 1.165) is 33.4 Å². The SMILES string of the molecule is COc1ccc(C(C)(OC)C(F)(F)F)cc1CN[C@H]1CCCN[C@H]1c1ccccc1. The molecule has 7 heteroatoms. The Hall–Kier alpha value is -2.09. The van der Waals surface area contributed by atoms with E-state index in [1.807, 2.05) is 18.2 Å². The van der Waals surface area contributed by atoms with Crippen LogP contribution < -0.4 is 15.4 Å². The van der Waals surface area contributed by atoms with Crippen LogP contribution in [0, 0.1) is 0 Å². The van der Waals surface area contributed by atoms with Gasteiger partial charge in [-0.25, -0.2) is 0 Å². The molecule has 2 N–H and O–H groups in total. The minimum atomic E-state index is -4.53. The van der Waals surface area contributed by atoms with Crippen LogP contribution in [-0.4, -0.2) is 33.0 Å². The Morgan fingerprint density at radius 2 is 1.83 bits per heavy atom. The average molecular weight is 422 g/mol. The standard InChI is InChI=1S/C23H29F3N2O2/c1-22(30-3,23(24,25)26)18-11-12-20(29-2)17(14-18)15-28-19-10-7-13-27-21(19)16-8-5-4-6-9-16/h4-6,8-9,11-12,14,19,21,27-28H,7,10,13,15H2,1-3H3/t19-,21-,22?/m0/s1. The predicted octanol–water partition coefficient (Wildman–Crippen LogP) is 4.70. The number of hydrogen-bond donors (Lipinski definition) is 2. The number of rotatable bonds is 7. The van der Waals surface area contributed by atoms with Crippen LogP contribution in [0.2, 0.25) is 0 Å². The second-order valence-electron chi connectivity index (χ2n) is 7.73. The highest BCUT2D eigenvalue weighted by molar-refractivity contribution is 5.40. The van der Waals surface area contributed by atoms with E-state index < -0.39 is 11.8 Å². The Bertz CT molecular complexity index is 829. The number of halogens is 3. The summed E-state index contributed by atoms with van der Waals surface area (Å²) in [6, 6.07) is 15.0. The van der Waals surface area contributed by atoms with Crippen LogP contribution in [-0.2, 0) is 16.9 Å². The molecule has 0 radical (unpaired) electrons. The molecule has 1 aliphatic heterocycles. The third-order valence-electron chi connectivity index (χ3n) is 5.95. The Morgan fingerprint density at radius 3 is 2.47 bits per heavy atom. The summed E-state index contributed by atoms with van der Waals surface area (Å²) in [6.07, 6.45) is -2.52. The molecular weight excluding hydrogens is 393 g/mol. The Kier molecular flexibility index (Phi) is 7.06. The number of ether oxygens (including phenoxy) is 2. The Labute approximate surface area is 175 Å². The lowest BCUT2D eigenvalue weighted by atomic mass is 9.91. The lowest BCUT2D eigenvalue weighted by Crippen LogP contribution is -2.45. The third kappa shape index (κ3) is 4.63. The van der Waals surface area contributed by atoms with Crippen molar-refractivity contribution in [3.63, 3.8) is 0 Å². The van der Waals surface area contributed by atoms with Crippen molar-refractivity contribution in [2.24, 2.45) is 0 Å². The van der Waals surface area contributed by atoms with Crippen molar-refractivity contribution in [3.8, 4) is 5.75 Å². The van der Waals surface area contributed by atoms with E-state index in [1.54, 1.807) is 6.07 Å². The maximum Gasteiger partial charge on any atom is 0.421 e. The van der Waals surface area contributed by atoms with Gasteiger partial charge in [-0.15, -0.1) is 0 Å². The van der Waals surface area contributed by atoms with Crippen molar-refractivity contribution >= 4 is 0 Å². The van der Waals surface area contributed by atoms with Gasteiger partial charge in [0.15, 0.2) is 5.60 Å². The molecule has 0 aliphatic carbocycles. The van der Waals surface area contributed by atoms with Crippen molar-refractivity contribution in [3.05, 3.63) is 65.2 Å². The summed E-state index contributed by atoms with van der Waals surface area (Å²) < 4.78 is 51.2. The number of alkyl halides is 3. The topological polar surface area (TPSA) is 42.5 Å². The quantitative estimate of drug-likeness (QED) is 0.679. The fourth-order valence-electron chi connectivity index (χ4n) is 3.97. The summed E-state index contributed by atoms with van der Waals surface area (Å²) in [4.78, 5) is 0. The van der Waals surface area contributed by atoms with Gasteiger partial charge < -0.3 is 20.1 Å². The number of piperidine rings is 1. The average Bonchev–Trinajstić information content (AvgIpc) is 2.77. The van der Waals surface area contributed by atoms with Gasteiger partial charge in [-0.3, -0.25) is 0 Å². The summed E-state index contributed by atoms with van der Waals surface area (Å²) in [5.74, 6) is 0.548. The molecule has 0 spiro atoms. The zero-order valence-corrected chi connectivity index (χ0v) is 17.6. The molecular formula is C23H29F3N2O2. The molecule has 0 amide bonds. The smallest absolute Gasteiger partial charge is 0.421 e. The van der Waals surface area contributed by atoms with Crippen molar-refractivity contribution in [2.45, 2.75) is 50.2 Å². The number of methoxy groups -OCH3 is 2. The molecule has 4 nitrogen and oxygen atoms in total. The largest absolute Gasteiger partial charge is 0.496 e. The van der Waals surface area contributed by atoms with Crippen molar-refractivity contribution in [2.75, 3.05) is 20.8 Å². The molecule has 164 valence electrons. The summed E-state index contributed by atoms with van der Waals surface area (Å²) in [7, 11) is 2.60. The number of hydrogen-bond acceptors (Lipinski definition) is 4. The summed E-state index contributed by atoms with van der Waals surface area (Å²) in [5, 5.41) is 7.08. The van der Waals surface area contributed by atoms with Gasteiger partial charge in [0.1, 0.15) is 5.75 Å². The van der Waals surface area contributed by atoms with Crippen molar-refractivity contribution < 1.29 is 22.6 Å². The highest BCUT2D eigenvalue weighted by Gasteiger charge is 2.53. The zero-order chi connectivity index (χ0) is 21.8. The van der Waals surface area contributed by atoms with E-state index in [0.29, 0.717) is 17.9 Å². The molecule has 0 bridgehead atoms. The molecule has 1 saturated heterocycles. The molecule has 30 heavy (non-hydrogen) atoms. The normalized spacial score (nSPS) is 21.8. The minimum absolute atomic E-state index is 0.0523. The molecule has 0 aromatic heterocycles. The maximum atomic E-state index is 13.6. The van der Waals surface area contributed by atoms with Crippen LogP contribution in [0.3, 0.4) is 0 Å². The first-order valence-electron chi connectivity index (χ1n) is 10.1. The van der Waals surface area contributed by atoms with Gasteiger partial charge in [-0.1, -0.05) is 36.4 Å². The van der Waals surface area contributed by atoms with Gasteiger partial charge in [0.05, 0.1) is 7.11 Å². The second-order valence-corrected chi connectivity index (χ2v) is 7.73. The molecule has 1 fully saturated rings. The first-order valence-corrected chi connectivity index (χ1v) is 10.1. The molecule has 2 aromatic rings. The Morgan fingerprint density at radius 1 is 1.10 bits per heavy atom. The van der Waals surface area contributed by atoms with E-state index in [4.69, 9.17) is 9.47 Å². The van der Waals surface area contributed by atoms with E-state index in [9.17, 15) is 13.2 Å². The fraction of sp³-hybridized carbons (Fsp3) is 0.478. The van der Waals surface area contributed by atoms with Crippen LogP contribution in [0.5, 0.6) is 5.75 Å². The van der Waals surface area contributed by atoms with Gasteiger partial charge in [0, 0.05) is 31.3 Å². The lowest BCUT2D eigenvalue weighted by molar-refractivity contribution is -0.269. The summed E-state index contributed by atoms with van der Waals surface area (Å²) in [5.41, 5.74) is -0.469. The van der Waals surface area contributed by atoms with E-state index >= 15 is 0 Å². The van der Waals surface area contributed by atoms with Crippen LogP contribution in [0.15, 0.2) is 48.5 Å². The second kappa shape index (κ2) is 9.37. The lowest BCUT2D eigenvalue weighted by Gasteiger charge is -2.34. The predicted molar refractivity (Wildman–Crippen MR) is 110 cm³/mol. The molecule has 3 rings (SSSR count). The molecule has 1 heterocycles. The molecule has 1 unspecified atom stereocenters. The number of nitrogens with one attached hydrogen (secondary N) is 2. The van der Waals surface area contributed by atoms with Crippen LogP contribution in [0.4, 0.5) is 13.2 Å². The molecule has 2 aromatic carbocycles.